The van der Waals surface area contributed by atoms with Gasteiger partial charge in [-0.05, 0) is 26.0 Å². The number of hydrogen-bond donors (Lipinski definition) is 3. The van der Waals surface area contributed by atoms with Crippen LogP contribution in [0.15, 0.2) is 41.4 Å². The Morgan fingerprint density at radius 1 is 1.48 bits per heavy atom. The minimum atomic E-state index is -0.563. The van der Waals surface area contributed by atoms with Gasteiger partial charge in [0.1, 0.15) is 11.5 Å². The van der Waals surface area contributed by atoms with E-state index < -0.39 is 5.54 Å². The fourth-order valence-corrected chi connectivity index (χ4v) is 3.05. The molecular weight excluding hydrogens is 340 g/mol. The maximum Gasteiger partial charge on any atom is 0.227 e. The molecule has 0 aromatic carbocycles. The van der Waals surface area contributed by atoms with Gasteiger partial charge in [-0.15, -0.1) is 0 Å². The molecule has 1 aliphatic heterocycles. The minimum absolute atomic E-state index is 0.0362. The topological polar surface area (TPSA) is 99.5 Å². The fraction of sp³-hybridized carbons (Fsp3) is 0.353. The number of aromatic nitrogens is 2. The molecule has 0 bridgehead atoms. The zero-order chi connectivity index (χ0) is 18.2. The number of nitrogens with two attached hydrogens (primary N) is 1. The Morgan fingerprint density at radius 3 is 2.88 bits per heavy atom. The zero-order valence-corrected chi connectivity index (χ0v) is 14.9. The number of pyridine rings is 1. The number of carbonyl (C=O) groups excluding carboxylic acids is 1. The van der Waals surface area contributed by atoms with E-state index in [1.165, 1.54) is 0 Å². The van der Waals surface area contributed by atoms with Crippen molar-refractivity contribution in [2.24, 2.45) is 11.7 Å². The molecule has 2 aromatic heterocycles. The third-order valence-corrected chi connectivity index (χ3v) is 4.76. The number of nitrogens with one attached hydrogen (secondary N) is 2. The number of carbonyl (C=O) groups is 1. The molecule has 1 amide bonds. The highest BCUT2D eigenvalue weighted by atomic mass is 35.5. The van der Waals surface area contributed by atoms with Crippen molar-refractivity contribution in [3.63, 3.8) is 0 Å². The highest BCUT2D eigenvalue weighted by molar-refractivity contribution is 6.39. The van der Waals surface area contributed by atoms with E-state index in [-0.39, 0.29) is 16.9 Å². The number of fused-ring (bicyclic) bond motifs is 1. The summed E-state index contributed by atoms with van der Waals surface area (Å²) in [6, 6.07) is 5.79. The summed E-state index contributed by atoms with van der Waals surface area (Å²) in [4.78, 5) is 18.7. The number of nitrogens with zero attached hydrogens (tertiary/aromatic N) is 3. The van der Waals surface area contributed by atoms with Crippen LogP contribution in [-0.2, 0) is 10.3 Å². The molecule has 25 heavy (non-hydrogen) atoms. The van der Waals surface area contributed by atoms with E-state index in [1.807, 2.05) is 42.6 Å². The lowest BCUT2D eigenvalue weighted by Crippen LogP contribution is -2.57. The summed E-state index contributed by atoms with van der Waals surface area (Å²) >= 11 is 5.84. The lowest BCUT2D eigenvalue weighted by atomic mass is 9.95. The summed E-state index contributed by atoms with van der Waals surface area (Å²) in [5.41, 5.74) is 7.04. The first-order valence-corrected chi connectivity index (χ1v) is 8.36. The molecule has 1 fully saturated rings. The molecule has 3 rings (SSSR count). The Labute approximate surface area is 151 Å². The zero-order valence-electron chi connectivity index (χ0n) is 14.2. The lowest BCUT2D eigenvalue weighted by molar-refractivity contribution is -0.131. The molecule has 3 heterocycles. The van der Waals surface area contributed by atoms with Crippen LogP contribution < -0.4 is 11.1 Å². The van der Waals surface area contributed by atoms with Crippen LogP contribution in [0.3, 0.4) is 0 Å². The van der Waals surface area contributed by atoms with Crippen LogP contribution in [0.1, 0.15) is 19.5 Å². The van der Waals surface area contributed by atoms with Crippen molar-refractivity contribution >= 4 is 29.4 Å². The summed E-state index contributed by atoms with van der Waals surface area (Å²) < 4.78 is 1.97. The Bertz CT molecular complexity index is 850. The Hall–Kier alpha value is -2.54. The first-order chi connectivity index (χ1) is 11.8. The van der Waals surface area contributed by atoms with E-state index in [0.29, 0.717) is 18.9 Å². The first-order valence-electron chi connectivity index (χ1n) is 7.98. The largest absolute Gasteiger partial charge is 0.384 e. The molecule has 0 atom stereocenters. The van der Waals surface area contributed by atoms with Gasteiger partial charge < -0.3 is 25.8 Å². The van der Waals surface area contributed by atoms with E-state index >= 15 is 0 Å². The van der Waals surface area contributed by atoms with E-state index in [0.717, 1.165) is 17.6 Å². The molecule has 132 valence electrons. The molecule has 1 aliphatic rings. The summed E-state index contributed by atoms with van der Waals surface area (Å²) in [7, 11) is 0. The second-order valence-corrected chi connectivity index (χ2v) is 7.07. The Balaban J connectivity index is 1.68. The number of hydrogen-bond acceptors (Lipinski definition) is 5. The van der Waals surface area contributed by atoms with Gasteiger partial charge >= 0.3 is 0 Å². The van der Waals surface area contributed by atoms with Crippen molar-refractivity contribution in [3.8, 4) is 0 Å². The second-order valence-electron chi connectivity index (χ2n) is 6.67. The molecule has 0 unspecified atom stereocenters. The van der Waals surface area contributed by atoms with Crippen molar-refractivity contribution < 1.29 is 4.79 Å². The van der Waals surface area contributed by atoms with Crippen molar-refractivity contribution in [1.29, 1.82) is 5.41 Å². The SMILES string of the molecule is CC(C)(NC(=O)C1CN(/C(N)=C(\Cl)C=N)C1)c1cnc2ccccn12. The van der Waals surface area contributed by atoms with E-state index in [2.05, 4.69) is 10.3 Å². The lowest BCUT2D eigenvalue weighted by Gasteiger charge is -2.41. The summed E-state index contributed by atoms with van der Waals surface area (Å²) in [5, 5.41) is 10.4. The summed E-state index contributed by atoms with van der Waals surface area (Å²) in [5.74, 6) is 0.139. The van der Waals surface area contributed by atoms with Crippen LogP contribution in [0.25, 0.3) is 5.65 Å². The highest BCUT2D eigenvalue weighted by Gasteiger charge is 2.37. The Kier molecular flexibility index (Phi) is 4.43. The molecule has 7 nitrogen and oxygen atoms in total. The number of halogens is 1. The number of imidazole rings is 1. The van der Waals surface area contributed by atoms with Gasteiger partial charge in [-0.1, -0.05) is 17.7 Å². The average Bonchev–Trinajstić information content (AvgIpc) is 2.96. The second kappa shape index (κ2) is 6.40. The van der Waals surface area contributed by atoms with Crippen molar-refractivity contribution in [2.45, 2.75) is 19.4 Å². The van der Waals surface area contributed by atoms with Gasteiger partial charge in [0.15, 0.2) is 0 Å². The van der Waals surface area contributed by atoms with Crippen molar-refractivity contribution in [3.05, 3.63) is 47.1 Å². The van der Waals surface area contributed by atoms with Gasteiger partial charge in [0.25, 0.3) is 0 Å². The van der Waals surface area contributed by atoms with E-state index in [4.69, 9.17) is 22.7 Å². The molecule has 2 aromatic rings. The predicted molar refractivity (Wildman–Crippen MR) is 97.3 cm³/mol. The summed E-state index contributed by atoms with van der Waals surface area (Å²) in [6.45, 7) is 4.89. The molecular formula is C17H21ClN6O. The monoisotopic (exact) mass is 360 g/mol. The molecule has 0 saturated carbocycles. The molecule has 0 radical (unpaired) electrons. The van der Waals surface area contributed by atoms with Crippen LogP contribution in [0.5, 0.6) is 0 Å². The summed E-state index contributed by atoms with van der Waals surface area (Å²) in [6.07, 6.45) is 4.72. The predicted octanol–water partition coefficient (Wildman–Crippen LogP) is 1.63. The first kappa shape index (κ1) is 17.3. The third kappa shape index (κ3) is 3.19. The van der Waals surface area contributed by atoms with Gasteiger partial charge in [0.2, 0.25) is 5.91 Å². The number of allylic oxidation sites excluding steroid dienone is 1. The molecule has 1 saturated heterocycles. The number of amides is 1. The van der Waals surface area contributed by atoms with Crippen molar-refractivity contribution in [1.82, 2.24) is 19.6 Å². The van der Waals surface area contributed by atoms with Crippen LogP contribution in [0.4, 0.5) is 0 Å². The average molecular weight is 361 g/mol. The fourth-order valence-electron chi connectivity index (χ4n) is 2.94. The van der Waals surface area contributed by atoms with Crippen LogP contribution in [0, 0.1) is 11.3 Å². The molecule has 4 N–H and O–H groups in total. The van der Waals surface area contributed by atoms with Gasteiger partial charge in [0.05, 0.1) is 28.4 Å². The maximum absolute atomic E-state index is 12.6. The third-order valence-electron chi connectivity index (χ3n) is 4.46. The van der Waals surface area contributed by atoms with Crippen molar-refractivity contribution in [2.75, 3.05) is 13.1 Å². The smallest absolute Gasteiger partial charge is 0.227 e. The standard InChI is InChI=1S/C17H21ClN6O/c1-17(2,13-8-21-14-5-3-4-6-24(13)14)22-16(25)11-9-23(10-11)15(20)12(18)7-19/h3-8,11,19H,9-10,20H2,1-2H3,(H,22,25)/b15-12-,19-7?. The van der Waals surface area contributed by atoms with Gasteiger partial charge in [-0.3, -0.25) is 4.79 Å². The number of rotatable bonds is 5. The van der Waals surface area contributed by atoms with Gasteiger partial charge in [-0.25, -0.2) is 4.98 Å². The van der Waals surface area contributed by atoms with E-state index in [9.17, 15) is 4.79 Å². The maximum atomic E-state index is 12.6. The molecule has 8 heteroatoms. The molecule has 0 aliphatic carbocycles. The van der Waals surface area contributed by atoms with Gasteiger partial charge in [0, 0.05) is 25.5 Å². The quantitative estimate of drug-likeness (QED) is 0.705. The van der Waals surface area contributed by atoms with Gasteiger partial charge in [-0.2, -0.15) is 0 Å². The number of likely N-dealkylation sites (tertiary alicyclic amines) is 1. The van der Waals surface area contributed by atoms with Crippen LogP contribution in [0.2, 0.25) is 0 Å². The minimum Gasteiger partial charge on any atom is -0.384 e. The van der Waals surface area contributed by atoms with E-state index in [1.54, 1.807) is 11.1 Å². The Morgan fingerprint density at radius 2 is 2.20 bits per heavy atom. The van der Waals surface area contributed by atoms with Crippen LogP contribution in [-0.4, -0.2) is 39.5 Å². The molecule has 0 spiro atoms. The normalized spacial score (nSPS) is 16.4. The van der Waals surface area contributed by atoms with Crippen LogP contribution >= 0.6 is 11.6 Å². The highest BCUT2D eigenvalue weighted by Crippen LogP contribution is 2.25.